The molecule has 6 heteroatoms. The topological polar surface area (TPSA) is 12.0 Å². The van der Waals surface area contributed by atoms with Gasteiger partial charge in [0.15, 0.2) is 0 Å². The highest BCUT2D eigenvalue weighted by atomic mass is 79.9. The van der Waals surface area contributed by atoms with Crippen molar-refractivity contribution in [3.63, 3.8) is 0 Å². The summed E-state index contributed by atoms with van der Waals surface area (Å²) >= 11 is 9.22. The van der Waals surface area contributed by atoms with E-state index in [0.29, 0.717) is 0 Å². The molecule has 0 radical (unpaired) electrons. The fourth-order valence-electron chi connectivity index (χ4n) is 1.77. The van der Waals surface area contributed by atoms with Crippen molar-refractivity contribution in [3.8, 4) is 0 Å². The Balaban J connectivity index is 2.28. The van der Waals surface area contributed by atoms with Crippen molar-refractivity contribution in [1.82, 2.24) is 0 Å². The second-order valence-electron chi connectivity index (χ2n) is 4.11. The van der Waals surface area contributed by atoms with Crippen LogP contribution in [0.5, 0.6) is 0 Å². The van der Waals surface area contributed by atoms with Crippen molar-refractivity contribution in [3.05, 3.63) is 63.1 Å². The maximum absolute atomic E-state index is 12.9. The van der Waals surface area contributed by atoms with Gasteiger partial charge in [-0.15, -0.1) is 0 Å². The minimum Gasteiger partial charge on any atom is -0.379 e. The van der Waals surface area contributed by atoms with E-state index in [1.807, 2.05) is 24.3 Å². The number of halogens is 5. The molecule has 0 saturated carbocycles. The molecule has 0 aliphatic carbocycles. The average Bonchev–Trinajstić information content (AvgIpc) is 2.37. The largest absolute Gasteiger partial charge is 0.418 e. The molecule has 20 heavy (non-hydrogen) atoms. The molecular weight excluding hydrogens is 355 g/mol. The highest BCUT2D eigenvalue weighted by Gasteiger charge is 2.34. The Morgan fingerprint density at radius 2 is 1.75 bits per heavy atom. The zero-order valence-electron chi connectivity index (χ0n) is 10.1. The number of alkyl halides is 3. The van der Waals surface area contributed by atoms with Gasteiger partial charge in [0, 0.05) is 11.0 Å². The smallest absolute Gasteiger partial charge is 0.379 e. The molecule has 0 saturated heterocycles. The number of para-hydroxylation sites is 1. The molecule has 106 valence electrons. The second kappa shape index (κ2) is 6.06. The monoisotopic (exact) mass is 363 g/mol. The Morgan fingerprint density at radius 1 is 1.05 bits per heavy atom. The molecule has 0 atom stereocenters. The minimum absolute atomic E-state index is 0.0480. The predicted octanol–water partition coefficient (Wildman–Crippen LogP) is 5.73. The third kappa shape index (κ3) is 3.46. The van der Waals surface area contributed by atoms with Crippen molar-refractivity contribution in [2.24, 2.45) is 0 Å². The summed E-state index contributed by atoms with van der Waals surface area (Å²) in [6.07, 6.45) is -4.44. The molecular formula is C14H10BrClF3N. The summed E-state index contributed by atoms with van der Waals surface area (Å²) < 4.78 is 39.6. The Kier molecular flexibility index (Phi) is 4.60. The van der Waals surface area contributed by atoms with Crippen LogP contribution >= 0.6 is 27.5 Å². The van der Waals surface area contributed by atoms with E-state index in [1.165, 1.54) is 12.1 Å². The van der Waals surface area contributed by atoms with E-state index >= 15 is 0 Å². The lowest BCUT2D eigenvalue weighted by Crippen LogP contribution is -2.11. The van der Waals surface area contributed by atoms with Crippen molar-refractivity contribution in [2.75, 3.05) is 5.32 Å². The van der Waals surface area contributed by atoms with Crippen LogP contribution in [0, 0.1) is 0 Å². The van der Waals surface area contributed by atoms with E-state index in [4.69, 9.17) is 11.6 Å². The highest BCUT2D eigenvalue weighted by Crippen LogP contribution is 2.38. The van der Waals surface area contributed by atoms with Gasteiger partial charge in [-0.1, -0.05) is 51.8 Å². The molecule has 0 fully saturated rings. The van der Waals surface area contributed by atoms with Crippen LogP contribution in [0.2, 0.25) is 5.02 Å². The molecule has 2 aromatic carbocycles. The first-order valence-electron chi connectivity index (χ1n) is 5.72. The Bertz CT molecular complexity index is 614. The van der Waals surface area contributed by atoms with Crippen LogP contribution in [-0.2, 0) is 12.7 Å². The lowest BCUT2D eigenvalue weighted by Gasteiger charge is -2.16. The SMILES string of the molecule is FC(F)(F)c1cccc(Cl)c1NCc1ccccc1Br. The summed E-state index contributed by atoms with van der Waals surface area (Å²) in [5.41, 5.74) is -0.0185. The van der Waals surface area contributed by atoms with Crippen LogP contribution in [0.4, 0.5) is 18.9 Å². The standard InChI is InChI=1S/C14H10BrClF3N/c15-11-6-2-1-4-9(11)8-20-13-10(14(17,18)19)5-3-7-12(13)16/h1-7,20H,8H2. The number of rotatable bonds is 3. The van der Waals surface area contributed by atoms with E-state index in [2.05, 4.69) is 21.2 Å². The Morgan fingerprint density at radius 3 is 2.40 bits per heavy atom. The first-order valence-corrected chi connectivity index (χ1v) is 6.89. The Labute approximate surface area is 127 Å². The molecule has 0 aliphatic heterocycles. The normalized spacial score (nSPS) is 11.4. The minimum atomic E-state index is -4.44. The zero-order chi connectivity index (χ0) is 14.8. The molecule has 0 bridgehead atoms. The fourth-order valence-corrected chi connectivity index (χ4v) is 2.43. The first-order chi connectivity index (χ1) is 9.39. The van der Waals surface area contributed by atoms with E-state index in [9.17, 15) is 13.2 Å². The van der Waals surface area contributed by atoms with Crippen LogP contribution in [-0.4, -0.2) is 0 Å². The van der Waals surface area contributed by atoms with Gasteiger partial charge < -0.3 is 5.32 Å². The van der Waals surface area contributed by atoms with E-state index in [0.717, 1.165) is 16.1 Å². The van der Waals surface area contributed by atoms with Gasteiger partial charge in [-0.3, -0.25) is 0 Å². The van der Waals surface area contributed by atoms with Crippen molar-refractivity contribution in [2.45, 2.75) is 12.7 Å². The van der Waals surface area contributed by atoms with Crippen LogP contribution in [0.25, 0.3) is 0 Å². The molecule has 1 N–H and O–H groups in total. The van der Waals surface area contributed by atoms with Gasteiger partial charge in [-0.2, -0.15) is 13.2 Å². The predicted molar refractivity (Wildman–Crippen MR) is 77.9 cm³/mol. The molecule has 0 aliphatic rings. The fraction of sp³-hybridized carbons (Fsp3) is 0.143. The second-order valence-corrected chi connectivity index (χ2v) is 5.37. The lowest BCUT2D eigenvalue weighted by molar-refractivity contribution is -0.136. The molecule has 0 aromatic heterocycles. The molecule has 0 heterocycles. The zero-order valence-corrected chi connectivity index (χ0v) is 12.5. The van der Waals surface area contributed by atoms with E-state index < -0.39 is 11.7 Å². The molecule has 0 unspecified atom stereocenters. The maximum atomic E-state index is 12.9. The maximum Gasteiger partial charge on any atom is 0.418 e. The number of hydrogen-bond donors (Lipinski definition) is 1. The summed E-state index contributed by atoms with van der Waals surface area (Å²) in [5.74, 6) is 0. The summed E-state index contributed by atoms with van der Waals surface area (Å²) in [6.45, 7) is 0.244. The summed E-state index contributed by atoms with van der Waals surface area (Å²) in [4.78, 5) is 0. The van der Waals surface area contributed by atoms with Crippen molar-refractivity contribution >= 4 is 33.2 Å². The number of benzene rings is 2. The van der Waals surface area contributed by atoms with Crippen LogP contribution in [0.15, 0.2) is 46.9 Å². The quantitative estimate of drug-likeness (QED) is 0.733. The average molecular weight is 365 g/mol. The number of hydrogen-bond acceptors (Lipinski definition) is 1. The number of anilines is 1. The lowest BCUT2D eigenvalue weighted by atomic mass is 10.1. The van der Waals surface area contributed by atoms with Crippen LogP contribution in [0.1, 0.15) is 11.1 Å². The summed E-state index contributed by atoms with van der Waals surface area (Å²) in [7, 11) is 0. The van der Waals surface area contributed by atoms with Crippen LogP contribution < -0.4 is 5.32 Å². The molecule has 1 nitrogen and oxygen atoms in total. The van der Waals surface area contributed by atoms with Crippen LogP contribution in [0.3, 0.4) is 0 Å². The number of nitrogens with one attached hydrogen (secondary N) is 1. The van der Waals surface area contributed by atoms with E-state index in [-0.39, 0.29) is 17.3 Å². The molecule has 2 aromatic rings. The van der Waals surface area contributed by atoms with Gasteiger partial charge in [0.2, 0.25) is 0 Å². The first kappa shape index (κ1) is 15.2. The van der Waals surface area contributed by atoms with Gasteiger partial charge in [0.25, 0.3) is 0 Å². The van der Waals surface area contributed by atoms with Gasteiger partial charge in [-0.05, 0) is 23.8 Å². The highest BCUT2D eigenvalue weighted by molar-refractivity contribution is 9.10. The third-order valence-electron chi connectivity index (χ3n) is 2.73. The summed E-state index contributed by atoms with van der Waals surface area (Å²) in [6, 6.07) is 11.0. The van der Waals surface area contributed by atoms with Gasteiger partial charge in [0.1, 0.15) is 0 Å². The summed E-state index contributed by atoms with van der Waals surface area (Å²) in [5, 5.41) is 2.81. The third-order valence-corrected chi connectivity index (χ3v) is 3.82. The van der Waals surface area contributed by atoms with E-state index in [1.54, 1.807) is 0 Å². The van der Waals surface area contributed by atoms with Gasteiger partial charge >= 0.3 is 6.18 Å². The van der Waals surface area contributed by atoms with Gasteiger partial charge in [-0.25, -0.2) is 0 Å². The van der Waals surface area contributed by atoms with Crippen molar-refractivity contribution in [1.29, 1.82) is 0 Å². The molecule has 0 amide bonds. The molecule has 2 rings (SSSR count). The molecule has 0 spiro atoms. The van der Waals surface area contributed by atoms with Crippen molar-refractivity contribution < 1.29 is 13.2 Å². The van der Waals surface area contributed by atoms with Gasteiger partial charge in [0.05, 0.1) is 16.3 Å². The Hall–Kier alpha value is -1.20.